The smallest absolute Gasteiger partial charge is 0.339 e. The van der Waals surface area contributed by atoms with E-state index in [9.17, 15) is 19.3 Å². The molecule has 0 saturated heterocycles. The van der Waals surface area contributed by atoms with Crippen molar-refractivity contribution in [2.45, 2.75) is 25.9 Å². The average molecular weight is 448 g/mol. The number of hydrogen-bond donors (Lipinski definition) is 2. The summed E-state index contributed by atoms with van der Waals surface area (Å²) in [6.07, 6.45) is 0.723. The second-order valence-corrected chi connectivity index (χ2v) is 8.20. The van der Waals surface area contributed by atoms with Gasteiger partial charge in [-0.15, -0.1) is 0 Å². The first-order valence-corrected chi connectivity index (χ1v) is 10.2. The predicted molar refractivity (Wildman–Crippen MR) is 122 cm³/mol. The summed E-state index contributed by atoms with van der Waals surface area (Å²) in [4.78, 5) is 22.6. The highest BCUT2D eigenvalue weighted by molar-refractivity contribution is 6.13. The van der Waals surface area contributed by atoms with Crippen LogP contribution in [0, 0.1) is 15.9 Å². The van der Waals surface area contributed by atoms with Crippen molar-refractivity contribution in [1.29, 1.82) is 0 Å². The van der Waals surface area contributed by atoms with Crippen LogP contribution in [0.1, 0.15) is 30.5 Å². The van der Waals surface area contributed by atoms with Crippen LogP contribution >= 0.6 is 0 Å². The van der Waals surface area contributed by atoms with Gasteiger partial charge in [-0.2, -0.15) is 5.10 Å². The number of nitro groups is 1. The Hall–Kier alpha value is -4.27. The number of ether oxygens (including phenoxy) is 1. The van der Waals surface area contributed by atoms with Crippen LogP contribution in [0.4, 0.5) is 20.6 Å². The lowest BCUT2D eigenvalue weighted by molar-refractivity contribution is -0.384. The van der Waals surface area contributed by atoms with Crippen LogP contribution in [0.2, 0.25) is 0 Å². The number of hydrogen-bond acceptors (Lipinski definition) is 5. The molecule has 0 unspecified atom stereocenters. The molecule has 33 heavy (non-hydrogen) atoms. The summed E-state index contributed by atoms with van der Waals surface area (Å²) in [5.41, 5.74) is 5.23. The molecule has 0 radical (unpaired) electrons. The number of nitrogens with zero attached hydrogens (tertiary/aromatic N) is 2. The Morgan fingerprint density at radius 3 is 2.39 bits per heavy atom. The predicted octanol–water partition coefficient (Wildman–Crippen LogP) is 5.02. The van der Waals surface area contributed by atoms with Crippen molar-refractivity contribution in [3.05, 3.63) is 99.4 Å². The third kappa shape index (κ3) is 5.15. The molecule has 2 amide bonds. The van der Waals surface area contributed by atoms with E-state index in [4.69, 9.17) is 4.74 Å². The van der Waals surface area contributed by atoms with E-state index in [1.165, 1.54) is 36.4 Å². The van der Waals surface area contributed by atoms with Gasteiger partial charge in [-0.1, -0.05) is 0 Å². The SMILES string of the molecule is CC1(C)Cc2cc(/C(=N/NC(=O)Nc3ccc([N+](=O)[O-])cc3)c3ccc(F)cc3)ccc2O1. The van der Waals surface area contributed by atoms with Crippen LogP contribution < -0.4 is 15.5 Å². The van der Waals surface area contributed by atoms with Gasteiger partial charge in [0.25, 0.3) is 5.69 Å². The number of nitrogens with one attached hydrogen (secondary N) is 2. The van der Waals surface area contributed by atoms with Gasteiger partial charge in [0.1, 0.15) is 17.2 Å². The van der Waals surface area contributed by atoms with Gasteiger partial charge >= 0.3 is 6.03 Å². The Bertz CT molecular complexity index is 1240. The van der Waals surface area contributed by atoms with Crippen LogP contribution in [0.15, 0.2) is 71.8 Å². The number of nitro benzene ring substituents is 1. The first kappa shape index (κ1) is 21.9. The van der Waals surface area contributed by atoms with Gasteiger partial charge < -0.3 is 10.1 Å². The number of non-ortho nitro benzene ring substituents is 1. The van der Waals surface area contributed by atoms with Crippen LogP contribution in [0.5, 0.6) is 5.75 Å². The molecule has 2 N–H and O–H groups in total. The summed E-state index contributed by atoms with van der Waals surface area (Å²) in [6.45, 7) is 4.01. The zero-order chi connectivity index (χ0) is 23.6. The van der Waals surface area contributed by atoms with Gasteiger partial charge in [-0.3, -0.25) is 10.1 Å². The molecule has 1 aliphatic rings. The van der Waals surface area contributed by atoms with E-state index in [2.05, 4.69) is 15.8 Å². The fraction of sp³-hybridized carbons (Fsp3) is 0.167. The molecule has 0 saturated carbocycles. The van der Waals surface area contributed by atoms with Gasteiger partial charge in [0.05, 0.1) is 10.6 Å². The summed E-state index contributed by atoms with van der Waals surface area (Å²) in [5.74, 6) is 0.414. The fourth-order valence-corrected chi connectivity index (χ4v) is 3.59. The highest BCUT2D eigenvalue weighted by Gasteiger charge is 2.30. The number of anilines is 1. The molecule has 8 nitrogen and oxygen atoms in total. The maximum Gasteiger partial charge on any atom is 0.339 e. The summed E-state index contributed by atoms with van der Waals surface area (Å²) in [5, 5.41) is 17.6. The van der Waals surface area contributed by atoms with Crippen molar-refractivity contribution in [2.75, 3.05) is 5.32 Å². The lowest BCUT2D eigenvalue weighted by Crippen LogP contribution is -2.26. The van der Waals surface area contributed by atoms with Crippen molar-refractivity contribution in [2.24, 2.45) is 5.10 Å². The third-order valence-electron chi connectivity index (χ3n) is 5.06. The Balaban J connectivity index is 1.58. The van der Waals surface area contributed by atoms with Crippen LogP contribution in [0.25, 0.3) is 0 Å². The molecule has 0 atom stereocenters. The van der Waals surface area contributed by atoms with E-state index in [0.29, 0.717) is 17.0 Å². The quantitative estimate of drug-likeness (QED) is 0.325. The van der Waals surface area contributed by atoms with E-state index in [-0.39, 0.29) is 17.1 Å². The summed E-state index contributed by atoms with van der Waals surface area (Å²) < 4.78 is 19.4. The van der Waals surface area contributed by atoms with Crippen molar-refractivity contribution in [3.8, 4) is 5.75 Å². The summed E-state index contributed by atoms with van der Waals surface area (Å²) in [6, 6.07) is 16.2. The van der Waals surface area contributed by atoms with E-state index >= 15 is 0 Å². The zero-order valence-corrected chi connectivity index (χ0v) is 18.0. The van der Waals surface area contributed by atoms with Crippen molar-refractivity contribution >= 4 is 23.1 Å². The molecule has 0 bridgehead atoms. The van der Waals surface area contributed by atoms with E-state index in [0.717, 1.165) is 23.3 Å². The second-order valence-electron chi connectivity index (χ2n) is 8.20. The minimum Gasteiger partial charge on any atom is -0.487 e. The topological polar surface area (TPSA) is 106 Å². The Kier molecular flexibility index (Phi) is 5.78. The minimum atomic E-state index is -0.630. The standard InChI is InChI=1S/C24H21FN4O4/c1-24(2)14-17-13-16(5-12-21(17)33-24)22(15-3-6-18(25)7-4-15)27-28-23(30)26-19-8-10-20(11-9-19)29(31)32/h3-13H,14H2,1-2H3,(H2,26,28,30)/b27-22+. The van der Waals surface area contributed by atoms with Crippen molar-refractivity contribution < 1.29 is 18.8 Å². The largest absolute Gasteiger partial charge is 0.487 e. The molecule has 3 aromatic rings. The molecular formula is C24H21FN4O4. The maximum absolute atomic E-state index is 13.5. The Morgan fingerprint density at radius 1 is 1.06 bits per heavy atom. The summed E-state index contributed by atoms with van der Waals surface area (Å²) >= 11 is 0. The number of urea groups is 1. The highest BCUT2D eigenvalue weighted by Crippen LogP contribution is 2.35. The lowest BCUT2D eigenvalue weighted by Gasteiger charge is -2.16. The molecule has 3 aromatic carbocycles. The molecule has 0 fully saturated rings. The molecule has 168 valence electrons. The number of fused-ring (bicyclic) bond motifs is 1. The number of carbonyl (C=O) groups is 1. The number of halogens is 1. The molecule has 0 aromatic heterocycles. The number of benzene rings is 3. The zero-order valence-electron chi connectivity index (χ0n) is 18.0. The Morgan fingerprint density at radius 2 is 1.73 bits per heavy atom. The third-order valence-corrected chi connectivity index (χ3v) is 5.06. The van der Waals surface area contributed by atoms with Crippen LogP contribution in [0.3, 0.4) is 0 Å². The first-order valence-electron chi connectivity index (χ1n) is 10.2. The summed E-state index contributed by atoms with van der Waals surface area (Å²) in [7, 11) is 0. The highest BCUT2D eigenvalue weighted by atomic mass is 19.1. The molecule has 9 heteroatoms. The van der Waals surface area contributed by atoms with Crippen molar-refractivity contribution in [3.63, 3.8) is 0 Å². The van der Waals surface area contributed by atoms with Crippen LogP contribution in [-0.2, 0) is 6.42 Å². The maximum atomic E-state index is 13.5. The number of carbonyl (C=O) groups excluding carboxylic acids is 1. The van der Waals surface area contributed by atoms with Gasteiger partial charge in [-0.05, 0) is 74.0 Å². The van der Waals surface area contributed by atoms with Gasteiger partial charge in [0.15, 0.2) is 0 Å². The van der Waals surface area contributed by atoms with Gasteiger partial charge in [0.2, 0.25) is 0 Å². The molecule has 1 aliphatic heterocycles. The normalized spacial score (nSPS) is 14.2. The molecule has 0 aliphatic carbocycles. The van der Waals surface area contributed by atoms with Gasteiger partial charge in [-0.25, -0.2) is 14.6 Å². The van der Waals surface area contributed by atoms with Gasteiger partial charge in [0, 0.05) is 35.4 Å². The monoisotopic (exact) mass is 448 g/mol. The molecular weight excluding hydrogens is 427 g/mol. The fourth-order valence-electron chi connectivity index (χ4n) is 3.59. The van der Waals surface area contributed by atoms with E-state index in [1.54, 1.807) is 12.1 Å². The van der Waals surface area contributed by atoms with E-state index in [1.807, 2.05) is 32.0 Å². The molecule has 1 heterocycles. The first-order chi connectivity index (χ1) is 15.7. The van der Waals surface area contributed by atoms with Crippen LogP contribution in [-0.4, -0.2) is 22.3 Å². The minimum absolute atomic E-state index is 0.0821. The average Bonchev–Trinajstić information content (AvgIpc) is 3.08. The van der Waals surface area contributed by atoms with E-state index < -0.39 is 11.0 Å². The van der Waals surface area contributed by atoms with Crippen molar-refractivity contribution in [1.82, 2.24) is 5.43 Å². The Labute approximate surface area is 189 Å². The number of amides is 2. The molecule has 0 spiro atoms. The number of hydrazone groups is 1. The molecule has 4 rings (SSSR count). The lowest BCUT2D eigenvalue weighted by atomic mass is 9.96. The second kappa shape index (κ2) is 8.70. The number of rotatable bonds is 5.